The van der Waals surface area contributed by atoms with Gasteiger partial charge >= 0.3 is 0 Å². The maximum atomic E-state index is 10.8. The molecule has 2 heterocycles. The van der Waals surface area contributed by atoms with Crippen LogP contribution in [0.3, 0.4) is 0 Å². The highest BCUT2D eigenvalue weighted by Crippen LogP contribution is 2.19. The molecule has 0 saturated heterocycles. The molecule has 4 N–H and O–H groups in total. The van der Waals surface area contributed by atoms with E-state index in [1.54, 1.807) is 12.1 Å². The third kappa shape index (κ3) is 4.24. The highest BCUT2D eigenvalue weighted by Gasteiger charge is 2.10. The molecule has 12 nitrogen and oxygen atoms in total. The van der Waals surface area contributed by atoms with E-state index in [1.807, 2.05) is 0 Å². The summed E-state index contributed by atoms with van der Waals surface area (Å²) in [7, 11) is 0. The van der Waals surface area contributed by atoms with Gasteiger partial charge < -0.3 is 20.6 Å². The van der Waals surface area contributed by atoms with Gasteiger partial charge in [0.05, 0.1) is 45.0 Å². The van der Waals surface area contributed by atoms with Crippen molar-refractivity contribution in [2.24, 2.45) is 0 Å². The molecule has 0 fully saturated rings. The maximum absolute atomic E-state index is 10.8. The molecule has 2 aromatic carbocycles. The molecule has 4 rings (SSSR count). The monoisotopic (exact) mass is 410 g/mol. The average molecular weight is 410 g/mol. The number of nitrogens with one attached hydrogen (secondary N) is 4. The molecule has 0 amide bonds. The van der Waals surface area contributed by atoms with Crippen molar-refractivity contribution in [3.63, 3.8) is 0 Å². The molecule has 0 aliphatic heterocycles. The normalized spacial score (nSPS) is 11.3. The van der Waals surface area contributed by atoms with E-state index >= 15 is 0 Å². The van der Waals surface area contributed by atoms with Gasteiger partial charge in [0.1, 0.15) is 11.6 Å². The molecule has 2 aromatic heterocycles. The zero-order valence-electron chi connectivity index (χ0n) is 15.7. The van der Waals surface area contributed by atoms with Crippen LogP contribution in [0.1, 0.15) is 11.6 Å². The first-order valence-electron chi connectivity index (χ1n) is 9.17. The lowest BCUT2D eigenvalue weighted by Crippen LogP contribution is -2.27. The van der Waals surface area contributed by atoms with Crippen molar-refractivity contribution in [1.82, 2.24) is 30.6 Å². The van der Waals surface area contributed by atoms with Crippen LogP contribution in [-0.2, 0) is 13.1 Å². The van der Waals surface area contributed by atoms with Gasteiger partial charge in [0.15, 0.2) is 0 Å². The van der Waals surface area contributed by atoms with Crippen LogP contribution in [0.25, 0.3) is 22.1 Å². The highest BCUT2D eigenvalue weighted by atomic mass is 16.6. The number of hydrogen-bond acceptors (Lipinski definition) is 8. The van der Waals surface area contributed by atoms with Crippen LogP contribution in [0.2, 0.25) is 0 Å². The van der Waals surface area contributed by atoms with E-state index < -0.39 is 9.85 Å². The van der Waals surface area contributed by atoms with Gasteiger partial charge in [-0.3, -0.25) is 20.2 Å². The standard InChI is InChI=1S/C18H18N8O4/c27-25(28)11-1-3-13-15(7-11)23-17(21-13)9-19-5-6-20-10-18-22-14-4-2-12(26(29)30)8-16(14)24-18/h1-4,7-8,19-20H,5-6,9-10H2,(H,21,23)(H,22,24). The summed E-state index contributed by atoms with van der Waals surface area (Å²) < 4.78 is 0. The van der Waals surface area contributed by atoms with Gasteiger partial charge in [-0.15, -0.1) is 0 Å². The summed E-state index contributed by atoms with van der Waals surface area (Å²) in [5.74, 6) is 1.40. The Morgan fingerprint density at radius 2 is 1.20 bits per heavy atom. The van der Waals surface area contributed by atoms with Crippen molar-refractivity contribution in [2.45, 2.75) is 13.1 Å². The minimum atomic E-state index is -0.437. The number of nitro groups is 2. The number of aromatic nitrogens is 4. The topological polar surface area (TPSA) is 168 Å². The summed E-state index contributed by atoms with van der Waals surface area (Å²) in [6.45, 7) is 2.34. The number of non-ortho nitro benzene ring substituents is 2. The summed E-state index contributed by atoms with van der Waals surface area (Å²) in [5, 5.41) is 28.1. The molecule has 0 radical (unpaired) electrons. The average Bonchev–Trinajstić information content (AvgIpc) is 3.32. The van der Waals surface area contributed by atoms with Gasteiger partial charge in [-0.2, -0.15) is 0 Å². The first-order chi connectivity index (χ1) is 14.5. The second-order valence-electron chi connectivity index (χ2n) is 6.64. The molecule has 4 aromatic rings. The van der Waals surface area contributed by atoms with Crippen molar-refractivity contribution < 1.29 is 9.85 Å². The molecular weight excluding hydrogens is 392 g/mol. The molecule has 0 unspecified atom stereocenters. The fourth-order valence-electron chi connectivity index (χ4n) is 3.09. The number of imidazole rings is 2. The number of aromatic amines is 2. The molecule has 154 valence electrons. The van der Waals surface area contributed by atoms with E-state index in [1.165, 1.54) is 24.3 Å². The molecule has 0 bridgehead atoms. The van der Waals surface area contributed by atoms with Crippen LogP contribution in [-0.4, -0.2) is 42.9 Å². The molecule has 0 aliphatic carbocycles. The smallest absolute Gasteiger partial charge is 0.271 e. The zero-order valence-corrected chi connectivity index (χ0v) is 15.7. The molecule has 0 atom stereocenters. The first-order valence-corrected chi connectivity index (χ1v) is 9.17. The number of nitrogens with zero attached hydrogens (tertiary/aromatic N) is 4. The Balaban J connectivity index is 1.24. The van der Waals surface area contributed by atoms with Crippen LogP contribution in [0, 0.1) is 20.2 Å². The van der Waals surface area contributed by atoms with E-state index in [0.717, 1.165) is 0 Å². The van der Waals surface area contributed by atoms with E-state index in [0.29, 0.717) is 59.9 Å². The van der Waals surface area contributed by atoms with Gasteiger partial charge in [0.2, 0.25) is 0 Å². The predicted octanol–water partition coefficient (Wildman–Crippen LogP) is 2.13. The Bertz CT molecular complexity index is 1140. The number of H-pyrrole nitrogens is 2. The fraction of sp³-hybridized carbons (Fsp3) is 0.222. The lowest BCUT2D eigenvalue weighted by molar-refractivity contribution is -0.384. The van der Waals surface area contributed by atoms with E-state index in [9.17, 15) is 20.2 Å². The number of rotatable bonds is 9. The maximum Gasteiger partial charge on any atom is 0.271 e. The summed E-state index contributed by atoms with van der Waals surface area (Å²) >= 11 is 0. The van der Waals surface area contributed by atoms with Crippen molar-refractivity contribution in [2.75, 3.05) is 13.1 Å². The summed E-state index contributed by atoms with van der Waals surface area (Å²) in [4.78, 5) is 35.7. The number of benzene rings is 2. The SMILES string of the molecule is O=[N+]([O-])c1ccc2nc(CNCCNCc3nc4ccc([N+](=O)[O-])cc4[nH]3)[nH]c2c1. The number of fused-ring (bicyclic) bond motifs is 2. The quantitative estimate of drug-likeness (QED) is 0.185. The predicted molar refractivity (Wildman–Crippen MR) is 109 cm³/mol. The molecule has 0 spiro atoms. The van der Waals surface area contributed by atoms with Gasteiger partial charge in [-0.1, -0.05) is 0 Å². The van der Waals surface area contributed by atoms with Gasteiger partial charge in [0, 0.05) is 37.4 Å². The Morgan fingerprint density at radius 1 is 0.767 bits per heavy atom. The Morgan fingerprint density at radius 3 is 1.60 bits per heavy atom. The Labute approximate surface area is 169 Å². The van der Waals surface area contributed by atoms with Crippen molar-refractivity contribution >= 4 is 33.4 Å². The zero-order chi connectivity index (χ0) is 21.1. The number of hydrogen-bond donors (Lipinski definition) is 4. The molecule has 12 heteroatoms. The van der Waals surface area contributed by atoms with Crippen LogP contribution < -0.4 is 10.6 Å². The Kier molecular flexibility index (Phi) is 5.32. The van der Waals surface area contributed by atoms with Crippen LogP contribution in [0.15, 0.2) is 36.4 Å². The van der Waals surface area contributed by atoms with Crippen LogP contribution in [0.4, 0.5) is 11.4 Å². The second-order valence-corrected chi connectivity index (χ2v) is 6.64. The second kappa shape index (κ2) is 8.23. The highest BCUT2D eigenvalue weighted by molar-refractivity contribution is 5.78. The minimum absolute atomic E-state index is 0.0232. The molecule has 0 aliphatic rings. The lowest BCUT2D eigenvalue weighted by Gasteiger charge is -2.04. The Hall–Kier alpha value is -3.90. The summed E-state index contributed by atoms with van der Waals surface area (Å²) in [5.41, 5.74) is 2.67. The van der Waals surface area contributed by atoms with Crippen molar-refractivity contribution in [3.8, 4) is 0 Å². The van der Waals surface area contributed by atoms with E-state index in [2.05, 4.69) is 30.6 Å². The van der Waals surface area contributed by atoms with E-state index in [4.69, 9.17) is 0 Å². The summed E-state index contributed by atoms with van der Waals surface area (Å²) in [6, 6.07) is 9.04. The van der Waals surface area contributed by atoms with Gasteiger partial charge in [-0.05, 0) is 12.1 Å². The first kappa shape index (κ1) is 19.4. The molecule has 0 saturated carbocycles. The number of nitro benzene ring substituents is 2. The van der Waals surface area contributed by atoms with Crippen molar-refractivity contribution in [1.29, 1.82) is 0 Å². The van der Waals surface area contributed by atoms with Crippen LogP contribution >= 0.6 is 0 Å². The fourth-order valence-corrected chi connectivity index (χ4v) is 3.09. The third-order valence-electron chi connectivity index (χ3n) is 4.51. The molecule has 30 heavy (non-hydrogen) atoms. The van der Waals surface area contributed by atoms with Crippen molar-refractivity contribution in [3.05, 3.63) is 68.3 Å². The van der Waals surface area contributed by atoms with E-state index in [-0.39, 0.29) is 11.4 Å². The molecular formula is C18H18N8O4. The minimum Gasteiger partial charge on any atom is -0.341 e. The largest absolute Gasteiger partial charge is 0.341 e. The third-order valence-corrected chi connectivity index (χ3v) is 4.51. The summed E-state index contributed by atoms with van der Waals surface area (Å²) in [6.07, 6.45) is 0. The van der Waals surface area contributed by atoms with Gasteiger partial charge in [-0.25, -0.2) is 9.97 Å². The van der Waals surface area contributed by atoms with Gasteiger partial charge in [0.25, 0.3) is 11.4 Å². The lowest BCUT2D eigenvalue weighted by atomic mass is 10.3. The van der Waals surface area contributed by atoms with Crippen LogP contribution in [0.5, 0.6) is 0 Å².